The minimum absolute atomic E-state index is 0.0952. The maximum Gasteiger partial charge on any atom is 0.391 e. The van der Waals surface area contributed by atoms with Crippen molar-refractivity contribution in [3.63, 3.8) is 0 Å². The van der Waals surface area contributed by atoms with Crippen LogP contribution in [0.25, 0.3) is 16.6 Å². The molecule has 1 aromatic heterocycles. The van der Waals surface area contributed by atoms with E-state index in [9.17, 15) is 31.1 Å². The van der Waals surface area contributed by atoms with Gasteiger partial charge >= 0.3 is 6.18 Å². The lowest BCUT2D eigenvalue weighted by atomic mass is 10.1. The molecule has 0 saturated carbocycles. The monoisotopic (exact) mass is 387 g/mol. The maximum absolute atomic E-state index is 13.6. The van der Waals surface area contributed by atoms with Gasteiger partial charge in [-0.2, -0.15) is 13.2 Å². The topological polar surface area (TPSA) is 60.9 Å². The highest BCUT2D eigenvalue weighted by Crippen LogP contribution is 2.28. The van der Waals surface area contributed by atoms with Gasteiger partial charge in [0, 0.05) is 6.07 Å². The van der Waals surface area contributed by atoms with Crippen LogP contribution in [0, 0.1) is 17.5 Å². The van der Waals surface area contributed by atoms with E-state index in [1.54, 1.807) is 0 Å². The van der Waals surface area contributed by atoms with Crippen LogP contribution in [0.15, 0.2) is 41.2 Å². The molecule has 0 aliphatic heterocycles. The van der Waals surface area contributed by atoms with Crippen LogP contribution < -0.4 is 11.3 Å². The summed E-state index contributed by atoms with van der Waals surface area (Å²) < 4.78 is 79.5. The zero-order valence-corrected chi connectivity index (χ0v) is 13.4. The van der Waals surface area contributed by atoms with Crippen molar-refractivity contribution in [1.29, 1.82) is 0 Å². The van der Waals surface area contributed by atoms with Crippen LogP contribution >= 0.6 is 0 Å². The number of rotatable bonds is 3. The highest BCUT2D eigenvalue weighted by atomic mass is 19.4. The summed E-state index contributed by atoms with van der Waals surface area (Å²) in [5, 5.41) is -0.275. The molecular formula is C17H11F6N3O. The predicted molar refractivity (Wildman–Crippen MR) is 84.8 cm³/mol. The van der Waals surface area contributed by atoms with Crippen LogP contribution in [-0.2, 0) is 0 Å². The fourth-order valence-electron chi connectivity index (χ4n) is 2.68. The van der Waals surface area contributed by atoms with Gasteiger partial charge in [0.15, 0.2) is 0 Å². The Labute approximate surface area is 147 Å². The molecule has 1 heterocycles. The normalized spacial score (nSPS) is 13.1. The van der Waals surface area contributed by atoms with E-state index >= 15 is 0 Å². The second-order valence-corrected chi connectivity index (χ2v) is 5.83. The first-order valence-electron chi connectivity index (χ1n) is 7.56. The van der Waals surface area contributed by atoms with E-state index in [0.29, 0.717) is 10.6 Å². The zero-order valence-electron chi connectivity index (χ0n) is 13.4. The number of aromatic nitrogens is 2. The van der Waals surface area contributed by atoms with Gasteiger partial charge in [-0.05, 0) is 30.3 Å². The van der Waals surface area contributed by atoms with E-state index < -0.39 is 53.2 Å². The van der Waals surface area contributed by atoms with Crippen LogP contribution in [-0.4, -0.2) is 15.7 Å². The van der Waals surface area contributed by atoms with Crippen molar-refractivity contribution in [2.45, 2.75) is 18.6 Å². The Kier molecular flexibility index (Phi) is 4.68. The van der Waals surface area contributed by atoms with Crippen LogP contribution in [0.4, 0.5) is 26.3 Å². The van der Waals surface area contributed by atoms with Gasteiger partial charge in [0.05, 0.1) is 29.1 Å². The third kappa shape index (κ3) is 3.95. The Hall–Kier alpha value is -2.88. The smallest absolute Gasteiger partial charge is 0.321 e. The van der Waals surface area contributed by atoms with Gasteiger partial charge in [0.25, 0.3) is 5.56 Å². The van der Waals surface area contributed by atoms with E-state index in [4.69, 9.17) is 5.73 Å². The van der Waals surface area contributed by atoms with E-state index in [-0.39, 0.29) is 10.9 Å². The number of hydrogen-bond donors (Lipinski definition) is 1. The lowest BCUT2D eigenvalue weighted by molar-refractivity contribution is -0.139. The van der Waals surface area contributed by atoms with E-state index in [2.05, 4.69) is 4.98 Å². The molecule has 0 fully saturated rings. The van der Waals surface area contributed by atoms with Crippen LogP contribution in [0.5, 0.6) is 0 Å². The van der Waals surface area contributed by atoms with Gasteiger partial charge in [-0.15, -0.1) is 0 Å². The summed E-state index contributed by atoms with van der Waals surface area (Å²) in [5.74, 6) is -3.47. The van der Waals surface area contributed by atoms with Gasteiger partial charge in [-0.25, -0.2) is 18.2 Å². The summed E-state index contributed by atoms with van der Waals surface area (Å²) in [6.45, 7) is 0. The standard InChI is InChI=1S/C17H11F6N3O/c18-8-1-2-14-12(6-8)16(27)26(11-4-9(19)3-10(20)5-11)15(25-14)13(24)7-17(21,22)23/h1-6,13H,7,24H2. The van der Waals surface area contributed by atoms with Crippen molar-refractivity contribution in [2.75, 3.05) is 0 Å². The Morgan fingerprint density at radius 2 is 1.63 bits per heavy atom. The Balaban J connectivity index is 2.35. The average Bonchev–Trinajstić information content (AvgIpc) is 2.52. The Bertz CT molecular complexity index is 1060. The van der Waals surface area contributed by atoms with Gasteiger partial charge in [-0.1, -0.05) is 0 Å². The Morgan fingerprint density at radius 3 is 2.22 bits per heavy atom. The lowest BCUT2D eigenvalue weighted by Gasteiger charge is -2.19. The lowest BCUT2D eigenvalue weighted by Crippen LogP contribution is -2.31. The summed E-state index contributed by atoms with van der Waals surface area (Å²) in [7, 11) is 0. The fraction of sp³-hybridized carbons (Fsp3) is 0.176. The summed E-state index contributed by atoms with van der Waals surface area (Å²) >= 11 is 0. The minimum Gasteiger partial charge on any atom is -0.321 e. The van der Waals surface area contributed by atoms with Gasteiger partial charge in [0.1, 0.15) is 23.3 Å². The summed E-state index contributed by atoms with van der Waals surface area (Å²) in [4.78, 5) is 16.7. The number of hydrogen-bond acceptors (Lipinski definition) is 3. The molecule has 142 valence electrons. The number of nitrogens with zero attached hydrogens (tertiary/aromatic N) is 2. The summed E-state index contributed by atoms with van der Waals surface area (Å²) in [6.07, 6.45) is -6.20. The second-order valence-electron chi connectivity index (χ2n) is 5.83. The molecule has 4 nitrogen and oxygen atoms in total. The van der Waals surface area contributed by atoms with Crippen molar-refractivity contribution in [3.8, 4) is 5.69 Å². The molecular weight excluding hydrogens is 376 g/mol. The average molecular weight is 387 g/mol. The number of halogens is 6. The fourth-order valence-corrected chi connectivity index (χ4v) is 2.68. The molecule has 2 N–H and O–H groups in total. The molecule has 10 heteroatoms. The largest absolute Gasteiger partial charge is 0.391 e. The van der Waals surface area contributed by atoms with Gasteiger partial charge in [0.2, 0.25) is 0 Å². The van der Waals surface area contributed by atoms with Gasteiger partial charge in [-0.3, -0.25) is 9.36 Å². The van der Waals surface area contributed by atoms with Crippen molar-refractivity contribution >= 4 is 10.9 Å². The number of alkyl halides is 3. The molecule has 2 aromatic carbocycles. The predicted octanol–water partition coefficient (Wildman–Crippen LogP) is 3.76. The first kappa shape index (κ1) is 18.9. The van der Waals surface area contributed by atoms with Crippen molar-refractivity contribution < 1.29 is 26.3 Å². The van der Waals surface area contributed by atoms with Crippen molar-refractivity contribution in [2.24, 2.45) is 5.73 Å². The molecule has 0 aliphatic carbocycles. The van der Waals surface area contributed by atoms with Crippen LogP contribution in [0.2, 0.25) is 0 Å². The second kappa shape index (κ2) is 6.69. The number of benzene rings is 2. The number of fused-ring (bicyclic) bond motifs is 1. The van der Waals surface area contributed by atoms with E-state index in [1.165, 1.54) is 0 Å². The van der Waals surface area contributed by atoms with Crippen molar-refractivity contribution in [1.82, 2.24) is 9.55 Å². The number of nitrogens with two attached hydrogens (primary N) is 1. The molecule has 1 unspecified atom stereocenters. The first-order valence-corrected chi connectivity index (χ1v) is 7.56. The summed E-state index contributed by atoms with van der Waals surface area (Å²) in [6, 6.07) is 3.11. The van der Waals surface area contributed by atoms with Gasteiger partial charge < -0.3 is 5.73 Å². The van der Waals surface area contributed by atoms with Crippen LogP contribution in [0.3, 0.4) is 0 Å². The SMILES string of the molecule is NC(CC(F)(F)F)c1nc2ccc(F)cc2c(=O)n1-c1cc(F)cc(F)c1. The highest BCUT2D eigenvalue weighted by molar-refractivity contribution is 5.78. The molecule has 0 aliphatic rings. The van der Waals surface area contributed by atoms with E-state index in [0.717, 1.165) is 30.3 Å². The highest BCUT2D eigenvalue weighted by Gasteiger charge is 2.33. The molecule has 0 radical (unpaired) electrons. The van der Waals surface area contributed by atoms with Crippen molar-refractivity contribution in [3.05, 3.63) is 70.0 Å². The maximum atomic E-state index is 13.6. The third-order valence-electron chi connectivity index (χ3n) is 3.74. The minimum atomic E-state index is -4.67. The molecule has 27 heavy (non-hydrogen) atoms. The molecule has 3 aromatic rings. The zero-order chi connectivity index (χ0) is 19.9. The molecule has 0 amide bonds. The van der Waals surface area contributed by atoms with E-state index in [1.807, 2.05) is 0 Å². The first-order chi connectivity index (χ1) is 12.5. The molecule has 0 bridgehead atoms. The third-order valence-corrected chi connectivity index (χ3v) is 3.74. The molecule has 0 spiro atoms. The molecule has 1 atom stereocenters. The summed E-state index contributed by atoms with van der Waals surface area (Å²) in [5.41, 5.74) is 4.07. The molecule has 3 rings (SSSR count). The Morgan fingerprint density at radius 1 is 1.00 bits per heavy atom. The quantitative estimate of drug-likeness (QED) is 0.697. The van der Waals surface area contributed by atoms with Crippen LogP contribution in [0.1, 0.15) is 18.3 Å². The molecule has 0 saturated heterocycles.